The number of H-pyrrole nitrogens is 1. The molecular formula is C11H14BrN3O. The lowest BCUT2D eigenvalue weighted by molar-refractivity contribution is 0.0603. The average Bonchev–Trinajstić information content (AvgIpc) is 2.85. The summed E-state index contributed by atoms with van der Waals surface area (Å²) in [6.07, 6.45) is 7.76. The van der Waals surface area contributed by atoms with Crippen LogP contribution in [0, 0.1) is 0 Å². The van der Waals surface area contributed by atoms with Crippen LogP contribution >= 0.6 is 15.9 Å². The predicted octanol–water partition coefficient (Wildman–Crippen LogP) is 1.94. The molecule has 1 N–H and O–H groups in total. The topological polar surface area (TPSA) is 49.0 Å². The van der Waals surface area contributed by atoms with Crippen molar-refractivity contribution in [3.63, 3.8) is 0 Å². The predicted molar refractivity (Wildman–Crippen MR) is 63.5 cm³/mol. The van der Waals surface area contributed by atoms with E-state index in [1.807, 2.05) is 0 Å². The summed E-state index contributed by atoms with van der Waals surface area (Å²) in [4.78, 5) is 14.9. The Hall–Kier alpha value is -0.840. The first-order valence-electron chi connectivity index (χ1n) is 5.71. The number of fused-ring (bicyclic) bond motifs is 2. The van der Waals surface area contributed by atoms with E-state index in [1.165, 1.54) is 0 Å². The third-order valence-corrected chi connectivity index (χ3v) is 4.40. The molecule has 0 spiro atoms. The second-order valence-electron chi connectivity index (χ2n) is 4.65. The highest BCUT2D eigenvalue weighted by atomic mass is 79.9. The van der Waals surface area contributed by atoms with E-state index in [1.54, 1.807) is 12.4 Å². The second kappa shape index (κ2) is 3.87. The fourth-order valence-corrected chi connectivity index (χ4v) is 3.82. The molecule has 0 saturated carbocycles. The summed E-state index contributed by atoms with van der Waals surface area (Å²) in [7, 11) is 0. The lowest BCUT2D eigenvalue weighted by Crippen LogP contribution is -2.46. The number of carbonyl (C=O) groups is 1. The van der Waals surface area contributed by atoms with E-state index >= 15 is 0 Å². The summed E-state index contributed by atoms with van der Waals surface area (Å²) in [6.45, 7) is 0. The van der Waals surface area contributed by atoms with Crippen molar-refractivity contribution in [2.75, 3.05) is 0 Å². The molecule has 0 aromatic carbocycles. The Labute approximate surface area is 103 Å². The Morgan fingerprint density at radius 1 is 1.44 bits per heavy atom. The molecule has 2 fully saturated rings. The Morgan fingerprint density at radius 3 is 2.69 bits per heavy atom. The lowest BCUT2D eigenvalue weighted by Gasteiger charge is -2.37. The molecule has 86 valence electrons. The van der Waals surface area contributed by atoms with E-state index in [2.05, 4.69) is 31.0 Å². The van der Waals surface area contributed by atoms with E-state index in [0.717, 1.165) is 25.7 Å². The van der Waals surface area contributed by atoms with Crippen LogP contribution in [0.5, 0.6) is 0 Å². The van der Waals surface area contributed by atoms with E-state index in [-0.39, 0.29) is 5.91 Å². The fraction of sp³-hybridized carbons (Fsp3) is 0.636. The molecule has 2 unspecified atom stereocenters. The molecule has 0 aliphatic carbocycles. The zero-order valence-corrected chi connectivity index (χ0v) is 10.5. The van der Waals surface area contributed by atoms with Gasteiger partial charge in [-0.3, -0.25) is 9.89 Å². The highest BCUT2D eigenvalue weighted by molar-refractivity contribution is 9.09. The molecule has 1 amide bonds. The summed E-state index contributed by atoms with van der Waals surface area (Å²) < 4.78 is 0. The van der Waals surface area contributed by atoms with Crippen molar-refractivity contribution in [1.82, 2.24) is 15.1 Å². The number of carbonyl (C=O) groups excluding carboxylic acids is 1. The molecule has 16 heavy (non-hydrogen) atoms. The van der Waals surface area contributed by atoms with Crippen LogP contribution in [0.3, 0.4) is 0 Å². The Morgan fingerprint density at radius 2 is 2.12 bits per heavy atom. The van der Waals surface area contributed by atoms with Gasteiger partial charge in [-0.2, -0.15) is 5.10 Å². The van der Waals surface area contributed by atoms with Crippen LogP contribution in [0.15, 0.2) is 12.4 Å². The molecule has 1 aromatic rings. The van der Waals surface area contributed by atoms with Gasteiger partial charge in [0, 0.05) is 23.1 Å². The summed E-state index contributed by atoms with van der Waals surface area (Å²) in [6, 6.07) is 0.844. The molecule has 0 radical (unpaired) electrons. The molecular weight excluding hydrogens is 270 g/mol. The first kappa shape index (κ1) is 10.3. The lowest BCUT2D eigenvalue weighted by atomic mass is 10.0. The molecule has 5 heteroatoms. The maximum atomic E-state index is 12.3. The number of aromatic amines is 1. The molecule has 2 aliphatic rings. The Balaban J connectivity index is 1.84. The smallest absolute Gasteiger partial charge is 0.257 e. The number of hydrogen-bond acceptors (Lipinski definition) is 2. The number of nitrogens with zero attached hydrogens (tertiary/aromatic N) is 2. The first-order chi connectivity index (χ1) is 7.75. The van der Waals surface area contributed by atoms with Gasteiger partial charge in [-0.1, -0.05) is 15.9 Å². The van der Waals surface area contributed by atoms with Crippen molar-refractivity contribution in [3.8, 4) is 0 Å². The van der Waals surface area contributed by atoms with Crippen LogP contribution in [0.2, 0.25) is 0 Å². The van der Waals surface area contributed by atoms with Gasteiger partial charge in [-0.15, -0.1) is 0 Å². The molecule has 2 bridgehead atoms. The number of piperidine rings is 1. The molecule has 3 heterocycles. The van der Waals surface area contributed by atoms with Gasteiger partial charge in [0.1, 0.15) is 0 Å². The number of halogens is 1. The number of nitrogens with one attached hydrogen (secondary N) is 1. The summed E-state index contributed by atoms with van der Waals surface area (Å²) >= 11 is 3.68. The third kappa shape index (κ3) is 1.57. The van der Waals surface area contributed by atoms with Crippen LogP contribution in [0.1, 0.15) is 36.0 Å². The van der Waals surface area contributed by atoms with Crippen LogP contribution in [0.4, 0.5) is 0 Å². The molecule has 2 saturated heterocycles. The number of hydrogen-bond donors (Lipinski definition) is 1. The summed E-state index contributed by atoms with van der Waals surface area (Å²) in [5.41, 5.74) is 0.685. The number of alkyl halides is 1. The monoisotopic (exact) mass is 283 g/mol. The van der Waals surface area contributed by atoms with E-state index in [9.17, 15) is 4.79 Å². The van der Waals surface area contributed by atoms with Crippen molar-refractivity contribution < 1.29 is 4.79 Å². The first-order valence-corrected chi connectivity index (χ1v) is 6.63. The summed E-state index contributed by atoms with van der Waals surface area (Å²) in [5.74, 6) is 0.139. The van der Waals surface area contributed by atoms with E-state index < -0.39 is 0 Å². The van der Waals surface area contributed by atoms with Gasteiger partial charge in [0.05, 0.1) is 11.8 Å². The zero-order chi connectivity index (χ0) is 11.1. The molecule has 1 aromatic heterocycles. The van der Waals surface area contributed by atoms with Gasteiger partial charge >= 0.3 is 0 Å². The van der Waals surface area contributed by atoms with Gasteiger partial charge in [0.2, 0.25) is 0 Å². The molecule has 2 aliphatic heterocycles. The second-order valence-corrected chi connectivity index (χ2v) is 5.95. The Kier molecular flexibility index (Phi) is 2.50. The van der Waals surface area contributed by atoms with Crippen LogP contribution < -0.4 is 0 Å². The normalized spacial score (nSPS) is 33.1. The van der Waals surface area contributed by atoms with Crippen LogP contribution in [0.25, 0.3) is 0 Å². The maximum absolute atomic E-state index is 12.3. The van der Waals surface area contributed by atoms with E-state index in [4.69, 9.17) is 0 Å². The van der Waals surface area contributed by atoms with Gasteiger partial charge in [-0.05, 0) is 25.7 Å². The quantitative estimate of drug-likeness (QED) is 0.801. The average molecular weight is 284 g/mol. The van der Waals surface area contributed by atoms with Crippen molar-refractivity contribution in [3.05, 3.63) is 18.0 Å². The maximum Gasteiger partial charge on any atom is 0.257 e. The van der Waals surface area contributed by atoms with Crippen molar-refractivity contribution in [2.24, 2.45) is 0 Å². The fourth-order valence-electron chi connectivity index (χ4n) is 2.96. The number of amides is 1. The number of rotatable bonds is 1. The SMILES string of the molecule is O=C(c1cn[nH]c1)N1C2CCC1CC(Br)C2. The largest absolute Gasteiger partial charge is 0.333 e. The minimum atomic E-state index is 0.139. The minimum absolute atomic E-state index is 0.139. The molecule has 4 nitrogen and oxygen atoms in total. The highest BCUT2D eigenvalue weighted by Gasteiger charge is 2.42. The van der Waals surface area contributed by atoms with Crippen molar-refractivity contribution in [2.45, 2.75) is 42.6 Å². The van der Waals surface area contributed by atoms with E-state index in [0.29, 0.717) is 22.5 Å². The highest BCUT2D eigenvalue weighted by Crippen LogP contribution is 2.39. The third-order valence-electron chi connectivity index (χ3n) is 3.66. The number of aromatic nitrogens is 2. The van der Waals surface area contributed by atoms with Gasteiger partial charge in [-0.25, -0.2) is 0 Å². The zero-order valence-electron chi connectivity index (χ0n) is 8.90. The standard InChI is InChI=1S/C11H14BrN3O/c12-8-3-9-1-2-10(4-8)15(9)11(16)7-5-13-14-6-7/h5-6,8-10H,1-4H2,(H,13,14). The van der Waals surface area contributed by atoms with Crippen molar-refractivity contribution in [1.29, 1.82) is 0 Å². The summed E-state index contributed by atoms with van der Waals surface area (Å²) in [5, 5.41) is 6.54. The van der Waals surface area contributed by atoms with Crippen LogP contribution in [-0.2, 0) is 0 Å². The van der Waals surface area contributed by atoms with Crippen molar-refractivity contribution >= 4 is 21.8 Å². The van der Waals surface area contributed by atoms with Gasteiger partial charge in [0.25, 0.3) is 5.91 Å². The van der Waals surface area contributed by atoms with Crippen LogP contribution in [-0.4, -0.2) is 37.9 Å². The Bertz CT molecular complexity index is 378. The van der Waals surface area contributed by atoms with Gasteiger partial charge < -0.3 is 4.90 Å². The minimum Gasteiger partial charge on any atom is -0.333 e. The molecule has 2 atom stereocenters. The molecule has 3 rings (SSSR count). The van der Waals surface area contributed by atoms with Gasteiger partial charge in [0.15, 0.2) is 0 Å².